The molecule has 0 unspecified atom stereocenters. The predicted octanol–water partition coefficient (Wildman–Crippen LogP) is 3.08. The van der Waals surface area contributed by atoms with Gasteiger partial charge in [-0.1, -0.05) is 18.2 Å². The zero-order valence-corrected chi connectivity index (χ0v) is 18.6. The van der Waals surface area contributed by atoms with Gasteiger partial charge < -0.3 is 10.2 Å². The Morgan fingerprint density at radius 3 is 2.61 bits per heavy atom. The Labute approximate surface area is 181 Å². The molecule has 0 spiro atoms. The van der Waals surface area contributed by atoms with Gasteiger partial charge in [-0.05, 0) is 50.5 Å². The molecule has 9 heteroatoms. The normalized spacial score (nSPS) is 16.7. The Morgan fingerprint density at radius 2 is 1.94 bits per heavy atom. The molecule has 0 radical (unpaired) electrons. The van der Waals surface area contributed by atoms with Gasteiger partial charge in [0.1, 0.15) is 6.04 Å². The maximum atomic E-state index is 13.6. The number of amides is 1. The molecule has 31 heavy (non-hydrogen) atoms. The van der Waals surface area contributed by atoms with Gasteiger partial charge in [0, 0.05) is 30.9 Å². The Morgan fingerprint density at radius 1 is 1.23 bits per heavy atom. The summed E-state index contributed by atoms with van der Waals surface area (Å²) in [5.74, 6) is -2.78. The van der Waals surface area contributed by atoms with Crippen LogP contribution < -0.4 is 14.5 Å². The van der Waals surface area contributed by atoms with Crippen molar-refractivity contribution in [1.29, 1.82) is 0 Å². The number of anilines is 2. The van der Waals surface area contributed by atoms with Crippen LogP contribution >= 0.6 is 0 Å². The van der Waals surface area contributed by atoms with Gasteiger partial charge in [0.05, 0.1) is 11.9 Å². The zero-order valence-electron chi connectivity index (χ0n) is 17.8. The first kappa shape index (κ1) is 23.0. The first-order valence-electron chi connectivity index (χ1n) is 10.2. The van der Waals surface area contributed by atoms with Gasteiger partial charge in [-0.3, -0.25) is 9.10 Å². The van der Waals surface area contributed by atoms with Gasteiger partial charge in [0.25, 0.3) is 0 Å². The van der Waals surface area contributed by atoms with Gasteiger partial charge >= 0.3 is 0 Å². The third kappa shape index (κ3) is 5.15. The summed E-state index contributed by atoms with van der Waals surface area (Å²) in [7, 11) is -3.90. The first-order valence-corrected chi connectivity index (χ1v) is 12.0. The van der Waals surface area contributed by atoms with Crippen molar-refractivity contribution in [3.8, 4) is 0 Å². The van der Waals surface area contributed by atoms with Crippen molar-refractivity contribution in [2.24, 2.45) is 0 Å². The highest BCUT2D eigenvalue weighted by Crippen LogP contribution is 2.31. The van der Waals surface area contributed by atoms with Crippen LogP contribution in [-0.2, 0) is 21.2 Å². The lowest BCUT2D eigenvalue weighted by Crippen LogP contribution is -2.48. The molecule has 0 saturated carbocycles. The minimum absolute atomic E-state index is 0.105. The monoisotopic (exact) mass is 451 g/mol. The van der Waals surface area contributed by atoms with E-state index in [1.54, 1.807) is 0 Å². The number of carbonyl (C=O) groups is 1. The van der Waals surface area contributed by atoms with E-state index in [-0.39, 0.29) is 5.69 Å². The zero-order chi connectivity index (χ0) is 22.8. The van der Waals surface area contributed by atoms with E-state index >= 15 is 0 Å². The number of hydrogen-bond acceptors (Lipinski definition) is 4. The van der Waals surface area contributed by atoms with Gasteiger partial charge in [0.15, 0.2) is 11.6 Å². The van der Waals surface area contributed by atoms with Crippen LogP contribution in [-0.4, -0.2) is 45.8 Å². The highest BCUT2D eigenvalue weighted by atomic mass is 32.2. The fourth-order valence-electron chi connectivity index (χ4n) is 4.01. The lowest BCUT2D eigenvalue weighted by molar-refractivity contribution is -0.121. The van der Waals surface area contributed by atoms with Crippen molar-refractivity contribution in [3.63, 3.8) is 0 Å². The molecular weight excluding hydrogens is 424 g/mol. The lowest BCUT2D eigenvalue weighted by atomic mass is 10.1. The van der Waals surface area contributed by atoms with E-state index in [0.29, 0.717) is 19.0 Å². The average Bonchev–Trinajstić information content (AvgIpc) is 3.02. The first-order chi connectivity index (χ1) is 14.6. The van der Waals surface area contributed by atoms with Crippen LogP contribution in [0.3, 0.4) is 0 Å². The molecular formula is C22H27F2N3O3S. The van der Waals surface area contributed by atoms with Crippen LogP contribution in [0.4, 0.5) is 20.2 Å². The number of rotatable bonds is 8. The number of hydrogen-bond donors (Lipinski definition) is 1. The van der Waals surface area contributed by atoms with Crippen molar-refractivity contribution in [1.82, 2.24) is 5.32 Å². The summed E-state index contributed by atoms with van der Waals surface area (Å²) in [6.45, 7) is 4.69. The molecule has 1 N–H and O–H groups in total. The molecule has 1 heterocycles. The van der Waals surface area contributed by atoms with E-state index in [9.17, 15) is 22.0 Å². The summed E-state index contributed by atoms with van der Waals surface area (Å²) in [4.78, 5) is 14.9. The maximum absolute atomic E-state index is 13.6. The molecule has 1 aliphatic heterocycles. The maximum Gasteiger partial charge on any atom is 0.243 e. The molecule has 6 nitrogen and oxygen atoms in total. The lowest BCUT2D eigenvalue weighted by Gasteiger charge is -2.28. The Hall–Kier alpha value is -2.68. The third-order valence-corrected chi connectivity index (χ3v) is 6.71. The molecule has 1 aliphatic rings. The number of nitrogens with zero attached hydrogens (tertiary/aromatic N) is 2. The van der Waals surface area contributed by atoms with Crippen molar-refractivity contribution in [2.75, 3.05) is 28.6 Å². The van der Waals surface area contributed by atoms with Crippen LogP contribution in [0.1, 0.15) is 25.8 Å². The Bertz CT molecular complexity index is 1060. The van der Waals surface area contributed by atoms with Crippen LogP contribution in [0.25, 0.3) is 0 Å². The van der Waals surface area contributed by atoms with Gasteiger partial charge in [-0.15, -0.1) is 0 Å². The summed E-state index contributed by atoms with van der Waals surface area (Å²) in [5.41, 5.74) is 2.41. The molecule has 2 aromatic rings. The Balaban J connectivity index is 1.60. The fourth-order valence-corrected chi connectivity index (χ4v) is 5.18. The van der Waals surface area contributed by atoms with Gasteiger partial charge in [0.2, 0.25) is 15.9 Å². The second kappa shape index (κ2) is 9.21. The largest absolute Gasteiger partial charge is 0.368 e. The quantitative estimate of drug-likeness (QED) is 0.627. The molecule has 0 bridgehead atoms. The third-order valence-electron chi connectivity index (χ3n) is 5.47. The van der Waals surface area contributed by atoms with E-state index in [4.69, 9.17) is 0 Å². The topological polar surface area (TPSA) is 69.7 Å². The predicted molar refractivity (Wildman–Crippen MR) is 118 cm³/mol. The molecule has 1 amide bonds. The van der Waals surface area contributed by atoms with Crippen molar-refractivity contribution in [2.45, 2.75) is 38.8 Å². The molecule has 0 fully saturated rings. The SMILES string of the molecule is C[C@H](C(=O)NCCCN1c2ccccc2C[C@@H]1C)N(c1ccc(F)c(F)c1)S(C)(=O)=O. The minimum atomic E-state index is -3.90. The number of carbonyl (C=O) groups excluding carboxylic acids is 1. The highest BCUT2D eigenvalue weighted by molar-refractivity contribution is 7.92. The Kier molecular flexibility index (Phi) is 6.83. The number of sulfonamides is 1. The number of halogens is 2. The molecule has 2 aromatic carbocycles. The van der Waals surface area contributed by atoms with E-state index in [1.165, 1.54) is 18.2 Å². The highest BCUT2D eigenvalue weighted by Gasteiger charge is 2.30. The number of para-hydroxylation sites is 1. The van der Waals surface area contributed by atoms with Crippen LogP contribution in [0, 0.1) is 11.6 Å². The number of benzene rings is 2. The summed E-state index contributed by atoms with van der Waals surface area (Å²) in [6, 6.07) is 10.2. The summed E-state index contributed by atoms with van der Waals surface area (Å²) in [6.07, 6.45) is 2.59. The van der Waals surface area contributed by atoms with E-state index in [2.05, 4.69) is 29.3 Å². The number of nitrogens with one attached hydrogen (secondary N) is 1. The van der Waals surface area contributed by atoms with Crippen molar-refractivity contribution < 1.29 is 22.0 Å². The second-order valence-corrected chi connectivity index (χ2v) is 9.71. The molecule has 2 atom stereocenters. The molecule has 0 aromatic heterocycles. The van der Waals surface area contributed by atoms with Gasteiger partial charge in [-0.25, -0.2) is 17.2 Å². The van der Waals surface area contributed by atoms with Crippen molar-refractivity contribution >= 4 is 27.3 Å². The molecule has 168 valence electrons. The van der Waals surface area contributed by atoms with Crippen LogP contribution in [0.5, 0.6) is 0 Å². The molecule has 0 saturated heterocycles. The fraction of sp³-hybridized carbons (Fsp3) is 0.409. The minimum Gasteiger partial charge on any atom is -0.368 e. The van der Waals surface area contributed by atoms with Gasteiger partial charge in [-0.2, -0.15) is 0 Å². The van der Waals surface area contributed by atoms with Crippen LogP contribution in [0.2, 0.25) is 0 Å². The second-order valence-electron chi connectivity index (χ2n) is 7.85. The number of fused-ring (bicyclic) bond motifs is 1. The summed E-state index contributed by atoms with van der Waals surface area (Å²) in [5, 5.41) is 2.75. The van der Waals surface area contributed by atoms with Crippen molar-refractivity contribution in [3.05, 3.63) is 59.7 Å². The smallest absolute Gasteiger partial charge is 0.243 e. The molecule has 3 rings (SSSR count). The summed E-state index contributed by atoms with van der Waals surface area (Å²) >= 11 is 0. The van der Waals surface area contributed by atoms with E-state index in [1.807, 2.05) is 12.1 Å². The average molecular weight is 452 g/mol. The summed E-state index contributed by atoms with van der Waals surface area (Å²) < 4.78 is 52.2. The van der Waals surface area contributed by atoms with Crippen LogP contribution in [0.15, 0.2) is 42.5 Å². The molecule has 0 aliphatic carbocycles. The standard InChI is InChI=1S/C22H27F2N3O3S/c1-15-13-17-7-4-5-8-21(17)26(15)12-6-11-25-22(28)16(2)27(31(3,29)30)18-9-10-19(23)20(24)14-18/h4-5,7-10,14-16H,6,11-13H2,1-3H3,(H,25,28)/t15-,16+/m0/s1. The van der Waals surface area contributed by atoms with E-state index in [0.717, 1.165) is 41.7 Å². The van der Waals surface area contributed by atoms with E-state index < -0.39 is 33.6 Å².